The van der Waals surface area contributed by atoms with Crippen molar-refractivity contribution >= 4 is 6.03 Å². The van der Waals surface area contributed by atoms with Crippen molar-refractivity contribution in [1.29, 1.82) is 0 Å². The van der Waals surface area contributed by atoms with E-state index in [1.165, 1.54) is 6.92 Å². The molecule has 0 aromatic heterocycles. The van der Waals surface area contributed by atoms with Crippen molar-refractivity contribution in [2.24, 2.45) is 0 Å². The molecule has 0 spiro atoms. The van der Waals surface area contributed by atoms with Crippen molar-refractivity contribution in [1.82, 2.24) is 15.5 Å². The van der Waals surface area contributed by atoms with Gasteiger partial charge in [-0.3, -0.25) is 0 Å². The van der Waals surface area contributed by atoms with Gasteiger partial charge in [-0.2, -0.15) is 26.3 Å². The number of hydrogen-bond acceptors (Lipinski definition) is 3. The molecule has 0 aliphatic carbocycles. The summed E-state index contributed by atoms with van der Waals surface area (Å²) in [6, 6.07) is 10.7. The van der Waals surface area contributed by atoms with Crippen LogP contribution in [0.2, 0.25) is 0 Å². The van der Waals surface area contributed by atoms with E-state index in [0.29, 0.717) is 31.5 Å². The van der Waals surface area contributed by atoms with Crippen LogP contribution in [0.25, 0.3) is 0 Å². The van der Waals surface area contributed by atoms with Gasteiger partial charge in [-0.25, -0.2) is 4.79 Å². The van der Waals surface area contributed by atoms with Crippen LogP contribution in [0.15, 0.2) is 48.5 Å². The molecule has 4 rings (SSSR count). The fourth-order valence-corrected chi connectivity index (χ4v) is 5.03. The molecule has 0 unspecified atom stereocenters. The number of rotatable bonds is 6. The SMILES string of the molecule is C[C@@H](OC[C@@]1(c2ccccc2)CC[C@H](NC(=O)N2CCCC2)CN1)c1cc(C(F)(F)F)cc(C(F)(F)F)c1. The number of urea groups is 1. The lowest BCUT2D eigenvalue weighted by atomic mass is 9.81. The molecule has 2 heterocycles. The number of ether oxygens (including phenoxy) is 1. The van der Waals surface area contributed by atoms with Crippen molar-refractivity contribution in [2.45, 2.75) is 62.6 Å². The van der Waals surface area contributed by atoms with E-state index in [9.17, 15) is 31.1 Å². The largest absolute Gasteiger partial charge is 0.416 e. The van der Waals surface area contributed by atoms with Crippen LogP contribution in [0.5, 0.6) is 0 Å². The minimum atomic E-state index is -4.93. The highest BCUT2D eigenvalue weighted by Gasteiger charge is 2.40. The summed E-state index contributed by atoms with van der Waals surface area (Å²) in [5.41, 5.74) is -2.79. The lowest BCUT2D eigenvalue weighted by Gasteiger charge is -2.42. The van der Waals surface area contributed by atoms with Crippen LogP contribution < -0.4 is 10.6 Å². The molecule has 2 fully saturated rings. The van der Waals surface area contributed by atoms with Gasteiger partial charge in [-0.1, -0.05) is 30.3 Å². The van der Waals surface area contributed by atoms with E-state index in [4.69, 9.17) is 4.74 Å². The molecule has 2 aromatic carbocycles. The van der Waals surface area contributed by atoms with Gasteiger partial charge in [0, 0.05) is 25.7 Å². The fourth-order valence-electron chi connectivity index (χ4n) is 5.03. The van der Waals surface area contributed by atoms with Crippen LogP contribution in [-0.4, -0.2) is 43.2 Å². The highest BCUT2D eigenvalue weighted by atomic mass is 19.4. The van der Waals surface area contributed by atoms with Crippen molar-refractivity contribution in [3.8, 4) is 0 Å². The second-order valence-electron chi connectivity index (χ2n) is 10.0. The van der Waals surface area contributed by atoms with Crippen LogP contribution in [0.4, 0.5) is 31.1 Å². The molecule has 0 saturated carbocycles. The van der Waals surface area contributed by atoms with Gasteiger partial charge >= 0.3 is 18.4 Å². The maximum absolute atomic E-state index is 13.3. The van der Waals surface area contributed by atoms with Gasteiger partial charge in [-0.15, -0.1) is 0 Å². The number of nitrogens with one attached hydrogen (secondary N) is 2. The van der Waals surface area contributed by atoms with Crippen LogP contribution in [-0.2, 0) is 22.6 Å². The van der Waals surface area contributed by atoms with Crippen molar-refractivity contribution in [2.75, 3.05) is 26.2 Å². The summed E-state index contributed by atoms with van der Waals surface area (Å²) in [5.74, 6) is 0. The zero-order valence-corrected chi connectivity index (χ0v) is 21.0. The first-order valence-corrected chi connectivity index (χ1v) is 12.6. The minimum absolute atomic E-state index is 0.0164. The third kappa shape index (κ3) is 6.61. The van der Waals surface area contributed by atoms with Crippen LogP contribution >= 0.6 is 0 Å². The molecular formula is C27H31F6N3O2. The molecule has 0 bridgehead atoms. The predicted molar refractivity (Wildman–Crippen MR) is 129 cm³/mol. The minimum Gasteiger partial charge on any atom is -0.372 e. The smallest absolute Gasteiger partial charge is 0.372 e. The molecule has 2 aliphatic heterocycles. The standard InChI is InChI=1S/C27H31F6N3O2/c1-18(19-13-21(26(28,29)30)15-22(14-19)27(31,32)33)38-17-25(20-7-3-2-4-8-20)10-9-23(16-34-25)35-24(37)36-11-5-6-12-36/h2-4,7-8,13-15,18,23,34H,5-6,9-12,16-17H2,1H3,(H,35,37)/t18-,23+,25-/m1/s1. The van der Waals surface area contributed by atoms with E-state index in [-0.39, 0.29) is 30.3 Å². The second kappa shape index (κ2) is 11.1. The third-order valence-corrected chi connectivity index (χ3v) is 7.31. The predicted octanol–water partition coefficient (Wildman–Crippen LogP) is 6.25. The number of alkyl halides is 6. The van der Waals surface area contributed by atoms with E-state index in [0.717, 1.165) is 31.5 Å². The monoisotopic (exact) mass is 543 g/mol. The molecule has 2 aliphatic rings. The molecule has 0 radical (unpaired) electrons. The zero-order chi connectivity index (χ0) is 27.6. The summed E-state index contributed by atoms with van der Waals surface area (Å²) in [5, 5.41) is 6.51. The van der Waals surface area contributed by atoms with Gasteiger partial charge in [0.05, 0.1) is 29.4 Å². The Morgan fingerprint density at radius 1 is 1.05 bits per heavy atom. The Labute approximate surface area is 217 Å². The van der Waals surface area contributed by atoms with Crippen LogP contribution in [0.3, 0.4) is 0 Å². The number of halogens is 6. The van der Waals surface area contributed by atoms with Gasteiger partial charge in [0.2, 0.25) is 0 Å². The molecule has 5 nitrogen and oxygen atoms in total. The number of likely N-dealkylation sites (tertiary alicyclic amines) is 1. The average Bonchev–Trinajstić information content (AvgIpc) is 3.43. The van der Waals surface area contributed by atoms with E-state index in [1.54, 1.807) is 4.90 Å². The molecule has 38 heavy (non-hydrogen) atoms. The van der Waals surface area contributed by atoms with Crippen molar-refractivity contribution in [3.05, 3.63) is 70.8 Å². The fraction of sp³-hybridized carbons (Fsp3) is 0.519. The summed E-state index contributed by atoms with van der Waals surface area (Å²) in [7, 11) is 0. The summed E-state index contributed by atoms with van der Waals surface area (Å²) in [4.78, 5) is 14.3. The van der Waals surface area contributed by atoms with Gasteiger partial charge in [0.1, 0.15) is 0 Å². The first kappa shape index (κ1) is 28.2. The van der Waals surface area contributed by atoms with E-state index in [1.807, 2.05) is 30.3 Å². The number of carbonyl (C=O) groups is 1. The van der Waals surface area contributed by atoms with E-state index in [2.05, 4.69) is 10.6 Å². The zero-order valence-electron chi connectivity index (χ0n) is 21.0. The normalized spacial score (nSPS) is 23.3. The van der Waals surface area contributed by atoms with E-state index < -0.39 is 35.1 Å². The first-order valence-electron chi connectivity index (χ1n) is 12.6. The number of amides is 2. The molecule has 2 N–H and O–H groups in total. The number of benzene rings is 2. The maximum atomic E-state index is 13.3. The van der Waals surface area contributed by atoms with Crippen LogP contribution in [0.1, 0.15) is 61.0 Å². The molecule has 2 saturated heterocycles. The van der Waals surface area contributed by atoms with Crippen LogP contribution in [0, 0.1) is 0 Å². The van der Waals surface area contributed by atoms with Crippen molar-refractivity contribution in [3.63, 3.8) is 0 Å². The van der Waals surface area contributed by atoms with Gasteiger partial charge in [0.15, 0.2) is 0 Å². The quantitative estimate of drug-likeness (QED) is 0.424. The molecule has 2 aromatic rings. The second-order valence-corrected chi connectivity index (χ2v) is 10.0. The van der Waals surface area contributed by atoms with Crippen molar-refractivity contribution < 1.29 is 35.9 Å². The molecule has 3 atom stereocenters. The van der Waals surface area contributed by atoms with Gasteiger partial charge < -0.3 is 20.3 Å². The molecule has 2 amide bonds. The third-order valence-electron chi connectivity index (χ3n) is 7.31. The molecular weight excluding hydrogens is 512 g/mol. The summed E-state index contributed by atoms with van der Waals surface area (Å²) < 4.78 is 86.0. The Morgan fingerprint density at radius 2 is 1.66 bits per heavy atom. The van der Waals surface area contributed by atoms with Gasteiger partial charge in [0.25, 0.3) is 0 Å². The molecule has 208 valence electrons. The Kier molecular flexibility index (Phi) is 8.27. The van der Waals surface area contributed by atoms with E-state index >= 15 is 0 Å². The lowest BCUT2D eigenvalue weighted by molar-refractivity contribution is -0.143. The Hall–Kier alpha value is -2.79. The Bertz CT molecular complexity index is 1060. The maximum Gasteiger partial charge on any atom is 0.416 e. The topological polar surface area (TPSA) is 53.6 Å². The summed E-state index contributed by atoms with van der Waals surface area (Å²) in [6.07, 6.45) is -7.75. The number of nitrogens with zero attached hydrogens (tertiary/aromatic N) is 1. The molecule has 11 heteroatoms. The average molecular weight is 544 g/mol. The number of piperidine rings is 1. The highest BCUT2D eigenvalue weighted by Crippen LogP contribution is 2.39. The Balaban J connectivity index is 1.49. The first-order chi connectivity index (χ1) is 17.9. The summed E-state index contributed by atoms with van der Waals surface area (Å²) >= 11 is 0. The lowest BCUT2D eigenvalue weighted by Crippen LogP contribution is -2.58. The Morgan fingerprint density at radius 3 is 2.18 bits per heavy atom. The highest BCUT2D eigenvalue weighted by molar-refractivity contribution is 5.74. The number of carbonyl (C=O) groups excluding carboxylic acids is 1. The number of hydrogen-bond donors (Lipinski definition) is 2. The van der Waals surface area contributed by atoms with Gasteiger partial charge in [-0.05, 0) is 61.9 Å². The summed E-state index contributed by atoms with van der Waals surface area (Å²) in [6.45, 7) is 3.36.